The van der Waals surface area contributed by atoms with Crippen LogP contribution in [0.2, 0.25) is 0 Å². The summed E-state index contributed by atoms with van der Waals surface area (Å²) in [5.41, 5.74) is 3.28. The van der Waals surface area contributed by atoms with E-state index in [2.05, 4.69) is 57.4 Å². The second-order valence-corrected chi connectivity index (χ2v) is 9.01. The maximum Gasteiger partial charge on any atom is 0.171 e. The predicted molar refractivity (Wildman–Crippen MR) is 132 cm³/mol. The molecule has 3 aliphatic heterocycles. The fourth-order valence-corrected chi connectivity index (χ4v) is 5.57. The quantitative estimate of drug-likeness (QED) is 0.434. The minimum absolute atomic E-state index is 0.0881. The Kier molecular flexibility index (Phi) is 5.70. The molecule has 0 spiro atoms. The second-order valence-electron chi connectivity index (χ2n) is 8.61. The summed E-state index contributed by atoms with van der Waals surface area (Å²) < 4.78 is 0. The van der Waals surface area contributed by atoms with Gasteiger partial charge in [0.2, 0.25) is 0 Å². The van der Waals surface area contributed by atoms with Crippen LogP contribution in [-0.4, -0.2) is 34.1 Å². The van der Waals surface area contributed by atoms with Crippen molar-refractivity contribution in [2.75, 3.05) is 18.4 Å². The normalized spacial score (nSPS) is 25.7. The molecule has 6 rings (SSSR count). The zero-order valence-corrected chi connectivity index (χ0v) is 18.4. The van der Waals surface area contributed by atoms with Crippen LogP contribution in [0.4, 0.5) is 5.69 Å². The van der Waals surface area contributed by atoms with Crippen molar-refractivity contribution in [1.29, 1.82) is 0 Å². The van der Waals surface area contributed by atoms with E-state index in [1.807, 2.05) is 42.6 Å². The van der Waals surface area contributed by atoms with Gasteiger partial charge in [-0.2, -0.15) is 0 Å². The highest BCUT2D eigenvalue weighted by atomic mass is 32.1. The van der Waals surface area contributed by atoms with E-state index in [-0.39, 0.29) is 6.04 Å². The number of hydrogen-bond donors (Lipinski definition) is 2. The van der Waals surface area contributed by atoms with E-state index in [1.54, 1.807) is 0 Å². The molecule has 158 valence electrons. The smallest absolute Gasteiger partial charge is 0.171 e. The van der Waals surface area contributed by atoms with Crippen molar-refractivity contribution in [1.82, 2.24) is 15.2 Å². The van der Waals surface area contributed by atoms with Crippen LogP contribution in [0.15, 0.2) is 79.5 Å². The number of hydrogen-bond acceptors (Lipinski definition) is 3. The van der Waals surface area contributed by atoms with Crippen molar-refractivity contribution >= 4 is 33.9 Å². The molecule has 2 aromatic carbocycles. The lowest BCUT2D eigenvalue weighted by Gasteiger charge is -2.52. The van der Waals surface area contributed by atoms with Gasteiger partial charge in [-0.25, -0.2) is 0 Å². The van der Waals surface area contributed by atoms with Gasteiger partial charge in [0.15, 0.2) is 5.11 Å². The number of nitrogens with zero attached hydrogens (tertiary/aromatic N) is 2. The van der Waals surface area contributed by atoms with Crippen LogP contribution >= 0.6 is 12.2 Å². The topological polar surface area (TPSA) is 40.2 Å². The molecule has 1 aromatic heterocycles. The average Bonchev–Trinajstić information content (AvgIpc) is 2.83. The first-order chi connectivity index (χ1) is 15.2. The summed E-state index contributed by atoms with van der Waals surface area (Å²) >= 11 is 5.76. The standard InChI is InChI=1S/C26H28N4S/c1-2-18-17-30-15-13-19(18)16-24(30)25(29-26(31)28-20-8-4-3-5-9-20)22-12-14-27-23-11-7-6-10-21(22)23/h2-12,14,18-19,24-25H,1,13,15-17H2,(H2,28,29,31)/t18-,19-,24+,25+/m0/s1. The molecular formula is C26H28N4S. The number of fused-ring (bicyclic) bond motifs is 4. The number of pyridine rings is 1. The molecule has 2 N–H and O–H groups in total. The van der Waals surface area contributed by atoms with Gasteiger partial charge in [-0.15, -0.1) is 6.58 Å². The van der Waals surface area contributed by atoms with Gasteiger partial charge in [0.05, 0.1) is 11.6 Å². The first kappa shape index (κ1) is 20.2. The number of para-hydroxylation sites is 2. The number of piperidine rings is 3. The first-order valence-corrected chi connectivity index (χ1v) is 11.5. The van der Waals surface area contributed by atoms with Crippen LogP contribution in [0.25, 0.3) is 10.9 Å². The molecule has 2 bridgehead atoms. The van der Waals surface area contributed by atoms with Crippen molar-refractivity contribution in [3.8, 4) is 0 Å². The number of thiocarbonyl (C=S) groups is 1. The Balaban J connectivity index is 1.48. The fourth-order valence-electron chi connectivity index (χ4n) is 5.32. The van der Waals surface area contributed by atoms with Crippen molar-refractivity contribution in [2.24, 2.45) is 11.8 Å². The molecule has 0 radical (unpaired) electrons. The zero-order chi connectivity index (χ0) is 21.2. The largest absolute Gasteiger partial charge is 0.354 e. The van der Waals surface area contributed by atoms with Gasteiger partial charge in [-0.3, -0.25) is 9.88 Å². The van der Waals surface area contributed by atoms with Gasteiger partial charge >= 0.3 is 0 Å². The van der Waals surface area contributed by atoms with Crippen LogP contribution in [0.5, 0.6) is 0 Å². The van der Waals surface area contributed by atoms with E-state index < -0.39 is 0 Å². The lowest BCUT2D eigenvalue weighted by Crippen LogP contribution is -2.57. The van der Waals surface area contributed by atoms with Crippen molar-refractivity contribution < 1.29 is 0 Å². The Labute approximate surface area is 189 Å². The highest BCUT2D eigenvalue weighted by Gasteiger charge is 2.43. The maximum absolute atomic E-state index is 5.76. The van der Waals surface area contributed by atoms with Gasteiger partial charge in [0.1, 0.15) is 0 Å². The molecule has 3 saturated heterocycles. The summed E-state index contributed by atoms with van der Waals surface area (Å²) in [7, 11) is 0. The molecule has 3 aliphatic rings. The predicted octanol–water partition coefficient (Wildman–Crippen LogP) is 5.16. The molecule has 5 heteroatoms. The lowest BCUT2D eigenvalue weighted by molar-refractivity contribution is 0.00443. The third-order valence-electron chi connectivity index (χ3n) is 6.87. The number of nitrogens with one attached hydrogen (secondary N) is 2. The van der Waals surface area contributed by atoms with E-state index in [4.69, 9.17) is 12.2 Å². The van der Waals surface area contributed by atoms with E-state index >= 15 is 0 Å². The number of rotatable bonds is 5. The molecule has 31 heavy (non-hydrogen) atoms. The minimum atomic E-state index is 0.0881. The van der Waals surface area contributed by atoms with Crippen molar-refractivity contribution in [3.63, 3.8) is 0 Å². The van der Waals surface area contributed by atoms with E-state index in [9.17, 15) is 0 Å². The summed E-state index contributed by atoms with van der Waals surface area (Å²) in [5, 5.41) is 8.89. The SMILES string of the molecule is C=C[C@H]1CN2CC[C@H]1C[C@@H]2[C@H](NC(=S)Nc1ccccc1)c1ccnc2ccccc12. The number of benzene rings is 2. The summed E-state index contributed by atoms with van der Waals surface area (Å²) in [5.74, 6) is 1.29. The highest BCUT2D eigenvalue weighted by Crippen LogP contribution is 2.42. The second kappa shape index (κ2) is 8.77. The van der Waals surface area contributed by atoms with Crippen LogP contribution in [0.1, 0.15) is 24.4 Å². The molecule has 5 atom stereocenters. The van der Waals surface area contributed by atoms with Gasteiger partial charge in [-0.1, -0.05) is 42.5 Å². The maximum atomic E-state index is 5.76. The Bertz CT molecular complexity index is 1080. The molecule has 4 nitrogen and oxygen atoms in total. The Morgan fingerprint density at radius 3 is 2.71 bits per heavy atom. The van der Waals surface area contributed by atoms with Gasteiger partial charge < -0.3 is 10.6 Å². The average molecular weight is 429 g/mol. The molecule has 3 fully saturated rings. The highest BCUT2D eigenvalue weighted by molar-refractivity contribution is 7.80. The molecule has 0 amide bonds. The Morgan fingerprint density at radius 2 is 1.94 bits per heavy atom. The fraction of sp³-hybridized carbons (Fsp3) is 0.308. The Morgan fingerprint density at radius 1 is 1.13 bits per heavy atom. The van der Waals surface area contributed by atoms with Crippen LogP contribution in [-0.2, 0) is 0 Å². The third-order valence-corrected chi connectivity index (χ3v) is 7.09. The van der Waals surface area contributed by atoms with Gasteiger partial charge in [-0.05, 0) is 73.3 Å². The molecule has 3 aromatic rings. The number of anilines is 1. The van der Waals surface area contributed by atoms with Crippen LogP contribution in [0.3, 0.4) is 0 Å². The van der Waals surface area contributed by atoms with E-state index in [1.165, 1.54) is 17.4 Å². The number of aromatic nitrogens is 1. The van der Waals surface area contributed by atoms with Crippen molar-refractivity contribution in [2.45, 2.75) is 24.9 Å². The van der Waals surface area contributed by atoms with E-state index in [0.717, 1.165) is 30.7 Å². The van der Waals surface area contributed by atoms with E-state index in [0.29, 0.717) is 23.0 Å². The first-order valence-electron chi connectivity index (χ1n) is 11.1. The van der Waals surface area contributed by atoms with Gasteiger partial charge in [0, 0.05) is 29.9 Å². The molecular weight excluding hydrogens is 400 g/mol. The molecule has 1 unspecified atom stereocenters. The van der Waals surface area contributed by atoms with Crippen LogP contribution < -0.4 is 10.6 Å². The van der Waals surface area contributed by atoms with Crippen molar-refractivity contribution in [3.05, 3.63) is 85.1 Å². The summed E-state index contributed by atoms with van der Waals surface area (Å²) in [6.45, 7) is 6.31. The van der Waals surface area contributed by atoms with Crippen LogP contribution in [0, 0.1) is 11.8 Å². The summed E-state index contributed by atoms with van der Waals surface area (Å²) in [6, 6.07) is 21.1. The minimum Gasteiger partial charge on any atom is -0.354 e. The Hall–Kier alpha value is -2.76. The molecule has 0 aliphatic carbocycles. The lowest BCUT2D eigenvalue weighted by atomic mass is 9.73. The summed E-state index contributed by atoms with van der Waals surface area (Å²) in [4.78, 5) is 7.22. The molecule has 4 heterocycles. The zero-order valence-electron chi connectivity index (χ0n) is 17.6. The molecule has 0 saturated carbocycles. The monoisotopic (exact) mass is 428 g/mol. The summed E-state index contributed by atoms with van der Waals surface area (Å²) in [6.07, 6.45) is 6.48. The van der Waals surface area contributed by atoms with Gasteiger partial charge in [0.25, 0.3) is 0 Å². The third kappa shape index (κ3) is 4.08.